The van der Waals surface area contributed by atoms with Crippen LogP contribution < -0.4 is 14.3 Å². The number of rotatable bonds is 3. The third-order valence-corrected chi connectivity index (χ3v) is 1.69. The van der Waals surface area contributed by atoms with E-state index < -0.39 is 24.2 Å². The highest BCUT2D eigenvalue weighted by Gasteiger charge is 2.14. The summed E-state index contributed by atoms with van der Waals surface area (Å²) in [4.78, 5) is 29.9. The maximum Gasteiger partial charge on any atom is 0.311 e. The molecule has 1 aromatic carbocycles. The van der Waals surface area contributed by atoms with Crippen molar-refractivity contribution in [3.05, 3.63) is 34.4 Å². The summed E-state index contributed by atoms with van der Waals surface area (Å²) < 4.78 is 14.1. The fourth-order valence-electron chi connectivity index (χ4n) is 0.806. The molecule has 0 saturated heterocycles. The molecule has 1 aromatic rings. The minimum absolute atomic E-state index is 0.570. The van der Waals surface area contributed by atoms with Gasteiger partial charge < -0.3 is 18.9 Å². The molecule has 0 fully saturated rings. The van der Waals surface area contributed by atoms with E-state index in [1.54, 1.807) is 0 Å². The first kappa shape index (κ1) is 10.6. The minimum Gasteiger partial charge on any atom is -0.780 e. The van der Waals surface area contributed by atoms with E-state index in [2.05, 4.69) is 4.52 Å². The van der Waals surface area contributed by atoms with Crippen LogP contribution in [0.2, 0.25) is 0 Å². The first-order valence-corrected chi connectivity index (χ1v) is 4.81. The highest BCUT2D eigenvalue weighted by atomic mass is 31.2. The van der Waals surface area contributed by atoms with Crippen LogP contribution in [0.25, 0.3) is 0 Å². The van der Waals surface area contributed by atoms with Crippen LogP contribution in [-0.4, -0.2) is 4.92 Å². The molecule has 0 aliphatic heterocycles. The van der Waals surface area contributed by atoms with Gasteiger partial charge in [-0.15, -0.1) is 0 Å². The van der Waals surface area contributed by atoms with Gasteiger partial charge in [0.05, 0.1) is 4.92 Å². The SMILES string of the molecule is O=[N+]([O-])c1ccccc1OP(=O)([O-])[O-]. The standard InChI is InChI=1S/C6H6NO6P/c8-7(9)5-3-1-2-4-6(5)13-14(10,11)12/h1-4H,(H2,10,11,12)/p-2. The summed E-state index contributed by atoms with van der Waals surface area (Å²) in [6, 6.07) is 4.70. The smallest absolute Gasteiger partial charge is 0.311 e. The topological polar surface area (TPSA) is 116 Å². The van der Waals surface area contributed by atoms with E-state index in [9.17, 15) is 24.5 Å². The molecule has 14 heavy (non-hydrogen) atoms. The number of nitrogens with zero attached hydrogens (tertiary/aromatic N) is 1. The molecular weight excluding hydrogens is 213 g/mol. The van der Waals surface area contributed by atoms with E-state index in [0.29, 0.717) is 0 Å². The van der Waals surface area contributed by atoms with Crippen molar-refractivity contribution in [2.45, 2.75) is 0 Å². The lowest BCUT2D eigenvalue weighted by molar-refractivity contribution is -0.386. The quantitative estimate of drug-likeness (QED) is 0.393. The van der Waals surface area contributed by atoms with Crippen LogP contribution >= 0.6 is 7.82 Å². The average molecular weight is 217 g/mol. The lowest BCUT2D eigenvalue weighted by Crippen LogP contribution is -2.18. The van der Waals surface area contributed by atoms with Crippen LogP contribution in [0.1, 0.15) is 0 Å². The monoisotopic (exact) mass is 217 g/mol. The fraction of sp³-hybridized carbons (Fsp3) is 0. The second-order valence-electron chi connectivity index (χ2n) is 2.26. The Morgan fingerprint density at radius 1 is 1.29 bits per heavy atom. The number of nitro groups is 1. The minimum atomic E-state index is -5.26. The number of benzene rings is 1. The van der Waals surface area contributed by atoms with Gasteiger partial charge in [0.15, 0.2) is 0 Å². The van der Waals surface area contributed by atoms with Gasteiger partial charge in [-0.3, -0.25) is 10.1 Å². The van der Waals surface area contributed by atoms with E-state index in [1.807, 2.05) is 0 Å². The summed E-state index contributed by atoms with van der Waals surface area (Å²) in [5.41, 5.74) is -0.570. The molecule has 76 valence electrons. The van der Waals surface area contributed by atoms with Gasteiger partial charge in [0.25, 0.3) is 0 Å². The van der Waals surface area contributed by atoms with E-state index in [-0.39, 0.29) is 0 Å². The zero-order chi connectivity index (χ0) is 10.8. The van der Waals surface area contributed by atoms with Gasteiger partial charge in [0.2, 0.25) is 5.75 Å². The summed E-state index contributed by atoms with van der Waals surface area (Å²) in [6.07, 6.45) is 0. The van der Waals surface area contributed by atoms with Gasteiger partial charge in [0.1, 0.15) is 7.82 Å². The molecule has 7 nitrogen and oxygen atoms in total. The molecule has 0 spiro atoms. The first-order chi connectivity index (χ1) is 6.40. The van der Waals surface area contributed by atoms with Crippen molar-refractivity contribution in [2.24, 2.45) is 0 Å². The Balaban J connectivity index is 3.08. The molecule has 0 aromatic heterocycles. The van der Waals surface area contributed by atoms with Crippen LogP contribution in [0, 0.1) is 10.1 Å². The fourth-order valence-corrected chi connectivity index (χ4v) is 1.20. The van der Waals surface area contributed by atoms with Crippen LogP contribution in [0.15, 0.2) is 24.3 Å². The number of nitro benzene ring substituents is 1. The van der Waals surface area contributed by atoms with E-state index in [4.69, 9.17) is 0 Å². The summed E-state index contributed by atoms with van der Waals surface area (Å²) >= 11 is 0. The molecule has 0 radical (unpaired) electrons. The zero-order valence-corrected chi connectivity index (χ0v) is 7.55. The van der Waals surface area contributed by atoms with Crippen LogP contribution in [0.4, 0.5) is 5.69 Å². The summed E-state index contributed by atoms with van der Waals surface area (Å²) in [5.74, 6) is -0.578. The maximum atomic E-state index is 10.3. The van der Waals surface area contributed by atoms with Crippen molar-refractivity contribution in [3.8, 4) is 5.75 Å². The molecule has 0 unspecified atom stereocenters. The second kappa shape index (κ2) is 3.75. The van der Waals surface area contributed by atoms with E-state index in [1.165, 1.54) is 12.1 Å². The highest BCUT2D eigenvalue weighted by molar-refractivity contribution is 7.43. The zero-order valence-electron chi connectivity index (χ0n) is 6.65. The average Bonchev–Trinajstić information content (AvgIpc) is 2.01. The molecule has 0 N–H and O–H groups in total. The Labute approximate surface area is 78.3 Å². The van der Waals surface area contributed by atoms with Crippen molar-refractivity contribution in [2.75, 3.05) is 0 Å². The van der Waals surface area contributed by atoms with Gasteiger partial charge in [-0.05, 0) is 6.07 Å². The summed E-state index contributed by atoms with van der Waals surface area (Å²) in [7, 11) is -5.26. The number of hydrogen-bond donors (Lipinski definition) is 0. The molecule has 0 heterocycles. The van der Waals surface area contributed by atoms with Crippen LogP contribution in [0.3, 0.4) is 0 Å². The van der Waals surface area contributed by atoms with E-state index in [0.717, 1.165) is 12.1 Å². The Kier molecular flexibility index (Phi) is 2.85. The van der Waals surface area contributed by atoms with E-state index >= 15 is 0 Å². The van der Waals surface area contributed by atoms with Crippen molar-refractivity contribution in [3.63, 3.8) is 0 Å². The molecule has 0 amide bonds. The second-order valence-corrected chi connectivity index (χ2v) is 3.34. The summed E-state index contributed by atoms with van der Waals surface area (Å²) in [5, 5.41) is 10.3. The van der Waals surface area contributed by atoms with Crippen LogP contribution in [0.5, 0.6) is 5.75 Å². The number of hydrogen-bond acceptors (Lipinski definition) is 6. The van der Waals surface area contributed by atoms with Gasteiger partial charge in [-0.1, -0.05) is 12.1 Å². The molecule has 0 aliphatic carbocycles. The van der Waals surface area contributed by atoms with Gasteiger partial charge >= 0.3 is 5.69 Å². The molecule has 0 aliphatic rings. The van der Waals surface area contributed by atoms with Crippen molar-refractivity contribution >= 4 is 13.5 Å². The first-order valence-electron chi connectivity index (χ1n) is 3.35. The third kappa shape index (κ3) is 2.81. The maximum absolute atomic E-state index is 10.3. The normalized spacial score (nSPS) is 11.0. The Bertz CT molecular complexity index is 399. The van der Waals surface area contributed by atoms with Gasteiger partial charge in [-0.25, -0.2) is 0 Å². The number of para-hydroxylation sites is 2. The molecule has 0 bridgehead atoms. The molecule has 0 saturated carbocycles. The van der Waals surface area contributed by atoms with Crippen molar-refractivity contribution in [1.82, 2.24) is 0 Å². The number of phosphoric ester groups is 1. The highest BCUT2D eigenvalue weighted by Crippen LogP contribution is 2.35. The lowest BCUT2D eigenvalue weighted by Gasteiger charge is -2.28. The van der Waals surface area contributed by atoms with Crippen LogP contribution in [-0.2, 0) is 4.57 Å². The Morgan fingerprint density at radius 2 is 1.86 bits per heavy atom. The summed E-state index contributed by atoms with van der Waals surface area (Å²) in [6.45, 7) is 0. The molecule has 0 atom stereocenters. The lowest BCUT2D eigenvalue weighted by atomic mass is 10.3. The molecular formula is C6H4NO6P-2. The van der Waals surface area contributed by atoms with Crippen molar-refractivity contribution < 1.29 is 23.8 Å². The molecule has 8 heteroatoms. The largest absolute Gasteiger partial charge is 0.780 e. The predicted molar refractivity (Wildman–Crippen MR) is 41.3 cm³/mol. The van der Waals surface area contributed by atoms with Gasteiger partial charge in [-0.2, -0.15) is 0 Å². The molecule has 1 rings (SSSR count). The predicted octanol–water partition coefficient (Wildman–Crippen LogP) is -0.198. The Hall–Kier alpha value is -1.43. The van der Waals surface area contributed by atoms with Gasteiger partial charge in [0, 0.05) is 6.07 Å². The Morgan fingerprint density at radius 3 is 2.36 bits per heavy atom. The number of phosphoric acid groups is 1. The third-order valence-electron chi connectivity index (χ3n) is 1.27. The van der Waals surface area contributed by atoms with Crippen molar-refractivity contribution in [1.29, 1.82) is 0 Å².